The third-order valence-electron chi connectivity index (χ3n) is 2.50. The van der Waals surface area contributed by atoms with Crippen molar-refractivity contribution in [1.82, 2.24) is 4.98 Å². The highest BCUT2D eigenvalue weighted by Crippen LogP contribution is 2.23. The maximum atomic E-state index is 13.2. The van der Waals surface area contributed by atoms with Crippen LogP contribution in [0.5, 0.6) is 0 Å². The number of benzene rings is 1. The number of carbonyl (C=O) groups excluding carboxylic acids is 1. The number of hydrogen-bond donors (Lipinski definition) is 3. The van der Waals surface area contributed by atoms with Gasteiger partial charge in [-0.2, -0.15) is 0 Å². The average molecular weight is 327 g/mol. The predicted octanol–water partition coefficient (Wildman–Crippen LogP) is 3.06. The first-order valence-electron chi connectivity index (χ1n) is 5.76. The molecule has 108 valence electrons. The SMILES string of the molecule is O=C(Nc1ccc(F)cc1C#CCO)c1cc(Cl)c(Cl)[nH]1. The Balaban J connectivity index is 2.28. The van der Waals surface area contributed by atoms with Crippen molar-refractivity contribution in [2.45, 2.75) is 0 Å². The van der Waals surface area contributed by atoms with E-state index in [9.17, 15) is 9.18 Å². The Hall–Kier alpha value is -2.00. The van der Waals surface area contributed by atoms with Crippen LogP contribution in [0, 0.1) is 17.7 Å². The van der Waals surface area contributed by atoms with Crippen LogP contribution >= 0.6 is 23.2 Å². The Morgan fingerprint density at radius 2 is 2.14 bits per heavy atom. The van der Waals surface area contributed by atoms with E-state index in [1.807, 2.05) is 0 Å². The molecule has 0 saturated heterocycles. The second kappa shape index (κ2) is 6.64. The quantitative estimate of drug-likeness (QED) is 0.742. The van der Waals surface area contributed by atoms with E-state index in [0.717, 1.165) is 6.07 Å². The van der Waals surface area contributed by atoms with E-state index in [-0.39, 0.29) is 28.0 Å². The number of aliphatic hydroxyl groups is 1. The molecule has 0 saturated carbocycles. The molecule has 0 aliphatic carbocycles. The summed E-state index contributed by atoms with van der Waals surface area (Å²) >= 11 is 11.5. The minimum absolute atomic E-state index is 0.154. The van der Waals surface area contributed by atoms with Crippen molar-refractivity contribution in [1.29, 1.82) is 0 Å². The van der Waals surface area contributed by atoms with Gasteiger partial charge in [-0.3, -0.25) is 4.79 Å². The fraction of sp³-hybridized carbons (Fsp3) is 0.0714. The third-order valence-corrected chi connectivity index (χ3v) is 3.19. The van der Waals surface area contributed by atoms with E-state index in [0.29, 0.717) is 5.69 Å². The lowest BCUT2D eigenvalue weighted by atomic mass is 10.1. The van der Waals surface area contributed by atoms with E-state index >= 15 is 0 Å². The molecule has 3 N–H and O–H groups in total. The zero-order valence-electron chi connectivity index (χ0n) is 10.5. The number of aromatic nitrogens is 1. The Morgan fingerprint density at radius 1 is 1.38 bits per heavy atom. The molecule has 21 heavy (non-hydrogen) atoms. The van der Waals surface area contributed by atoms with Crippen molar-refractivity contribution in [3.05, 3.63) is 51.5 Å². The smallest absolute Gasteiger partial charge is 0.272 e. The van der Waals surface area contributed by atoms with Crippen LogP contribution in [0.3, 0.4) is 0 Å². The van der Waals surface area contributed by atoms with Gasteiger partial charge >= 0.3 is 0 Å². The Labute approximate surface area is 129 Å². The van der Waals surface area contributed by atoms with Gasteiger partial charge in [-0.15, -0.1) is 0 Å². The van der Waals surface area contributed by atoms with E-state index in [1.54, 1.807) is 0 Å². The summed E-state index contributed by atoms with van der Waals surface area (Å²) in [5.74, 6) is 3.96. The normalized spacial score (nSPS) is 9.90. The summed E-state index contributed by atoms with van der Waals surface area (Å²) in [7, 11) is 0. The maximum Gasteiger partial charge on any atom is 0.272 e. The van der Waals surface area contributed by atoms with Gasteiger partial charge in [0.25, 0.3) is 5.91 Å². The summed E-state index contributed by atoms with van der Waals surface area (Å²) in [5, 5.41) is 11.6. The minimum Gasteiger partial charge on any atom is -0.384 e. The molecular formula is C14H9Cl2FN2O2. The lowest BCUT2D eigenvalue weighted by molar-refractivity contribution is 0.102. The van der Waals surface area contributed by atoms with Crippen molar-refractivity contribution < 1.29 is 14.3 Å². The number of anilines is 1. The van der Waals surface area contributed by atoms with E-state index in [2.05, 4.69) is 22.1 Å². The summed E-state index contributed by atoms with van der Waals surface area (Å²) < 4.78 is 13.2. The number of aromatic amines is 1. The molecule has 0 spiro atoms. The zero-order chi connectivity index (χ0) is 15.4. The molecule has 0 aliphatic heterocycles. The summed E-state index contributed by atoms with van der Waals surface area (Å²) in [6.07, 6.45) is 0. The summed E-state index contributed by atoms with van der Waals surface area (Å²) in [6.45, 7) is -0.369. The van der Waals surface area contributed by atoms with Crippen LogP contribution in [0.25, 0.3) is 0 Å². The van der Waals surface area contributed by atoms with E-state index < -0.39 is 11.7 Å². The second-order valence-electron chi connectivity index (χ2n) is 3.95. The number of carbonyl (C=O) groups is 1. The van der Waals surface area contributed by atoms with Gasteiger partial charge in [0.15, 0.2) is 0 Å². The molecule has 0 atom stereocenters. The molecule has 2 aromatic rings. The van der Waals surface area contributed by atoms with Gasteiger partial charge in [0, 0.05) is 0 Å². The first kappa shape index (κ1) is 15.4. The van der Waals surface area contributed by atoms with Crippen molar-refractivity contribution >= 4 is 34.8 Å². The van der Waals surface area contributed by atoms with Crippen LogP contribution in [0.4, 0.5) is 10.1 Å². The van der Waals surface area contributed by atoms with E-state index in [1.165, 1.54) is 18.2 Å². The second-order valence-corrected chi connectivity index (χ2v) is 4.73. The van der Waals surface area contributed by atoms with Crippen LogP contribution in [0.15, 0.2) is 24.3 Å². The first-order valence-corrected chi connectivity index (χ1v) is 6.51. The van der Waals surface area contributed by atoms with Gasteiger partial charge in [-0.1, -0.05) is 35.0 Å². The number of H-pyrrole nitrogens is 1. The topological polar surface area (TPSA) is 65.1 Å². The molecular weight excluding hydrogens is 318 g/mol. The highest BCUT2D eigenvalue weighted by molar-refractivity contribution is 6.41. The predicted molar refractivity (Wildman–Crippen MR) is 79.1 cm³/mol. The van der Waals surface area contributed by atoms with Crippen molar-refractivity contribution in [3.63, 3.8) is 0 Å². The Kier molecular flexibility index (Phi) is 4.86. The highest BCUT2D eigenvalue weighted by atomic mass is 35.5. The van der Waals surface area contributed by atoms with Crippen LogP contribution in [0.2, 0.25) is 10.2 Å². The Morgan fingerprint density at radius 3 is 2.76 bits per heavy atom. The summed E-state index contributed by atoms with van der Waals surface area (Å²) in [5.41, 5.74) is 0.723. The highest BCUT2D eigenvalue weighted by Gasteiger charge is 2.13. The first-order chi connectivity index (χ1) is 10.0. The van der Waals surface area contributed by atoms with Gasteiger partial charge < -0.3 is 15.4 Å². The molecule has 0 fully saturated rings. The largest absolute Gasteiger partial charge is 0.384 e. The van der Waals surface area contributed by atoms with Crippen molar-refractivity contribution in [2.75, 3.05) is 11.9 Å². The third kappa shape index (κ3) is 3.76. The number of aliphatic hydroxyl groups excluding tert-OH is 1. The summed E-state index contributed by atoms with van der Waals surface area (Å²) in [4.78, 5) is 14.6. The number of rotatable bonds is 2. The van der Waals surface area contributed by atoms with Gasteiger partial charge in [0.1, 0.15) is 23.3 Å². The van der Waals surface area contributed by atoms with Crippen LogP contribution < -0.4 is 5.32 Å². The van der Waals surface area contributed by atoms with Gasteiger partial charge in [-0.05, 0) is 24.3 Å². The standard InChI is InChI=1S/C14H9Cl2FN2O2/c15-10-7-12(18-13(10)16)14(21)19-11-4-3-9(17)6-8(11)2-1-5-20/h3-4,6-7,18,20H,5H2,(H,19,21). The average Bonchev–Trinajstić information content (AvgIpc) is 2.79. The molecule has 7 heteroatoms. The van der Waals surface area contributed by atoms with Crippen LogP contribution in [0.1, 0.15) is 16.1 Å². The molecule has 1 aromatic carbocycles. The zero-order valence-corrected chi connectivity index (χ0v) is 12.0. The minimum atomic E-state index is -0.499. The molecule has 2 rings (SSSR count). The van der Waals surface area contributed by atoms with Crippen LogP contribution in [-0.2, 0) is 0 Å². The fourth-order valence-electron chi connectivity index (χ4n) is 1.58. The van der Waals surface area contributed by atoms with Crippen molar-refractivity contribution in [2.24, 2.45) is 0 Å². The maximum absolute atomic E-state index is 13.2. The van der Waals surface area contributed by atoms with Crippen molar-refractivity contribution in [3.8, 4) is 11.8 Å². The van der Waals surface area contributed by atoms with E-state index in [4.69, 9.17) is 28.3 Å². The number of amides is 1. The number of nitrogens with one attached hydrogen (secondary N) is 2. The summed E-state index contributed by atoms with van der Waals surface area (Å²) in [6, 6.07) is 5.10. The van der Waals surface area contributed by atoms with Crippen LogP contribution in [-0.4, -0.2) is 22.6 Å². The molecule has 0 bridgehead atoms. The molecule has 1 amide bonds. The van der Waals surface area contributed by atoms with Gasteiger partial charge in [0.05, 0.1) is 16.3 Å². The monoisotopic (exact) mass is 326 g/mol. The molecule has 1 heterocycles. The molecule has 0 radical (unpaired) electrons. The lowest BCUT2D eigenvalue weighted by Gasteiger charge is -2.06. The molecule has 4 nitrogen and oxygen atoms in total. The van der Waals surface area contributed by atoms with Gasteiger partial charge in [-0.25, -0.2) is 4.39 Å². The molecule has 1 aromatic heterocycles. The lowest BCUT2D eigenvalue weighted by Crippen LogP contribution is -2.13. The fourth-order valence-corrected chi connectivity index (χ4v) is 1.89. The molecule has 0 aliphatic rings. The number of halogens is 3. The Bertz CT molecular complexity index is 728. The number of hydrogen-bond acceptors (Lipinski definition) is 2. The van der Waals surface area contributed by atoms with Gasteiger partial charge in [0.2, 0.25) is 0 Å². The molecule has 0 unspecified atom stereocenters.